The van der Waals surface area contributed by atoms with Crippen molar-refractivity contribution in [3.05, 3.63) is 62.7 Å². The van der Waals surface area contributed by atoms with E-state index in [-0.39, 0.29) is 23.1 Å². The van der Waals surface area contributed by atoms with Gasteiger partial charge >= 0.3 is 17.1 Å². The number of phenols is 1. The number of nitro groups is 2. The second kappa shape index (κ2) is 11.6. The number of nitro benzene ring substituents is 2. The summed E-state index contributed by atoms with van der Waals surface area (Å²) in [6, 6.07) is 3.89. The summed E-state index contributed by atoms with van der Waals surface area (Å²) in [6.07, 6.45) is 0. The number of aromatic hydroxyl groups is 1. The second-order valence-corrected chi connectivity index (χ2v) is 9.77. The van der Waals surface area contributed by atoms with Crippen LogP contribution in [0.5, 0.6) is 17.2 Å². The molecule has 0 saturated heterocycles. The molecular formula is C18H8FeN6O13S2-. The molecule has 0 aliphatic carbocycles. The van der Waals surface area contributed by atoms with E-state index in [0.717, 1.165) is 12.1 Å². The van der Waals surface area contributed by atoms with Crippen LogP contribution >= 0.6 is 0 Å². The Morgan fingerprint density at radius 3 is 1.70 bits per heavy atom. The first kappa shape index (κ1) is 31.6. The number of rotatable bonds is 8. The Balaban J connectivity index is 0.00000560. The molecule has 22 heteroatoms. The third-order valence-corrected chi connectivity index (χ3v) is 6.22. The first-order chi connectivity index (χ1) is 18.0. The standard InChI is InChI=1S/C18H12N6O13S2.Fe/c25-14-7-15(26)12(21-22-13-3-9(24(30)31)5-17(18(13)27)39(35,36)37)6-11(14)20-19-10-2-1-8(23(28)29)4-16(10)38(32,33)34;/h1-7,25-27H,(H,32,33,34)(H,35,36,37);/q;+3/p-4. The number of hydrogen-bond acceptors (Lipinski definition) is 17. The van der Waals surface area contributed by atoms with Crippen molar-refractivity contribution < 1.29 is 68.2 Å². The van der Waals surface area contributed by atoms with E-state index in [4.69, 9.17) is 0 Å². The predicted octanol–water partition coefficient (Wildman–Crippen LogP) is 1.99. The van der Waals surface area contributed by atoms with Crippen LogP contribution in [-0.2, 0) is 37.3 Å². The van der Waals surface area contributed by atoms with E-state index in [0.29, 0.717) is 24.3 Å². The van der Waals surface area contributed by atoms with Gasteiger partial charge in [-0.1, -0.05) is 11.5 Å². The second-order valence-electron chi connectivity index (χ2n) is 7.08. The van der Waals surface area contributed by atoms with Crippen LogP contribution in [0.3, 0.4) is 0 Å². The molecule has 0 aliphatic heterocycles. The Labute approximate surface area is 232 Å². The van der Waals surface area contributed by atoms with Crippen molar-refractivity contribution in [1.82, 2.24) is 0 Å². The zero-order valence-corrected chi connectivity index (χ0v) is 21.5. The first-order valence-corrected chi connectivity index (χ1v) is 12.4. The number of hydrogen-bond donors (Lipinski definition) is 1. The maximum atomic E-state index is 12.2. The van der Waals surface area contributed by atoms with Crippen molar-refractivity contribution in [2.24, 2.45) is 20.5 Å². The van der Waals surface area contributed by atoms with E-state index >= 15 is 0 Å². The van der Waals surface area contributed by atoms with E-state index in [9.17, 15) is 61.5 Å². The fourth-order valence-electron chi connectivity index (χ4n) is 2.76. The summed E-state index contributed by atoms with van der Waals surface area (Å²) < 4.78 is 68.3. The van der Waals surface area contributed by atoms with Crippen molar-refractivity contribution in [2.75, 3.05) is 0 Å². The number of phenolic OH excluding ortho intramolecular Hbond substituents is 1. The Morgan fingerprint density at radius 1 is 0.650 bits per heavy atom. The minimum Gasteiger partial charge on any atom is -0.871 e. The average molecular weight is 636 g/mol. The fourth-order valence-corrected chi connectivity index (χ4v) is 3.99. The quantitative estimate of drug-likeness (QED) is 0.122. The molecule has 3 aromatic rings. The molecule has 0 unspecified atom stereocenters. The van der Waals surface area contributed by atoms with Gasteiger partial charge < -0.3 is 24.4 Å². The first-order valence-electron chi connectivity index (χ1n) is 9.56. The molecule has 209 valence electrons. The molecule has 0 amide bonds. The predicted molar refractivity (Wildman–Crippen MR) is 117 cm³/mol. The summed E-state index contributed by atoms with van der Waals surface area (Å²) in [6.45, 7) is 0. The van der Waals surface area contributed by atoms with E-state index < -0.39 is 91.2 Å². The molecule has 0 aromatic heterocycles. The third kappa shape index (κ3) is 7.07. The van der Waals surface area contributed by atoms with Gasteiger partial charge in [-0.2, -0.15) is 10.2 Å². The van der Waals surface area contributed by atoms with Crippen molar-refractivity contribution in [2.45, 2.75) is 9.79 Å². The number of benzene rings is 3. The largest absolute Gasteiger partial charge is 3.00 e. The van der Waals surface area contributed by atoms with Crippen LogP contribution in [0, 0.1) is 20.2 Å². The van der Waals surface area contributed by atoms with Gasteiger partial charge in [0, 0.05) is 24.3 Å². The summed E-state index contributed by atoms with van der Waals surface area (Å²) in [4.78, 5) is 17.2. The van der Waals surface area contributed by atoms with Gasteiger partial charge in [-0.05, 0) is 18.2 Å². The van der Waals surface area contributed by atoms with Gasteiger partial charge in [0.15, 0.2) is 0 Å². The van der Waals surface area contributed by atoms with Gasteiger partial charge in [0.25, 0.3) is 11.4 Å². The summed E-state index contributed by atoms with van der Waals surface area (Å²) in [5.41, 5.74) is -4.75. The van der Waals surface area contributed by atoms with Crippen molar-refractivity contribution in [1.29, 1.82) is 0 Å². The number of nitrogens with zero attached hydrogens (tertiary/aromatic N) is 6. The summed E-state index contributed by atoms with van der Waals surface area (Å²) in [5, 5.41) is 69.8. The van der Waals surface area contributed by atoms with Gasteiger partial charge in [0.2, 0.25) is 0 Å². The summed E-state index contributed by atoms with van der Waals surface area (Å²) in [7, 11) is -10.7. The van der Waals surface area contributed by atoms with Crippen LogP contribution in [0.15, 0.2) is 72.7 Å². The molecule has 1 N–H and O–H groups in total. The fraction of sp³-hybridized carbons (Fsp3) is 0. The molecule has 40 heavy (non-hydrogen) atoms. The summed E-state index contributed by atoms with van der Waals surface area (Å²) in [5.74, 6) is -3.47. The van der Waals surface area contributed by atoms with Gasteiger partial charge in [0.1, 0.15) is 37.4 Å². The van der Waals surface area contributed by atoms with Crippen LogP contribution in [0.25, 0.3) is 0 Å². The van der Waals surface area contributed by atoms with Crippen LogP contribution in [-0.4, -0.2) is 40.9 Å². The molecule has 19 nitrogen and oxygen atoms in total. The van der Waals surface area contributed by atoms with Crippen LogP contribution in [0.4, 0.5) is 34.1 Å². The van der Waals surface area contributed by atoms with Crippen molar-refractivity contribution in [3.8, 4) is 17.2 Å². The molecule has 1 radical (unpaired) electrons. The molecule has 0 spiro atoms. The number of azo groups is 2. The Kier molecular flexibility index (Phi) is 9.21. The normalized spacial score (nSPS) is 11.9. The molecule has 0 fully saturated rings. The maximum absolute atomic E-state index is 12.2. The van der Waals surface area contributed by atoms with E-state index in [2.05, 4.69) is 20.5 Å². The monoisotopic (exact) mass is 636 g/mol. The smallest absolute Gasteiger partial charge is 0.871 e. The Bertz CT molecular complexity index is 1810. The zero-order valence-electron chi connectivity index (χ0n) is 18.7. The van der Waals surface area contributed by atoms with E-state index in [1.165, 1.54) is 0 Å². The number of non-ortho nitro benzene ring substituents is 2. The van der Waals surface area contributed by atoms with Crippen molar-refractivity contribution >= 4 is 54.4 Å². The molecule has 0 aliphatic rings. The van der Waals surface area contributed by atoms with Crippen LogP contribution < -0.4 is 10.2 Å². The molecular weight excluding hydrogens is 628 g/mol. The van der Waals surface area contributed by atoms with Gasteiger partial charge in [-0.3, -0.25) is 20.2 Å². The molecule has 0 saturated carbocycles. The third-order valence-electron chi connectivity index (χ3n) is 4.51. The minimum atomic E-state index is -5.46. The minimum absolute atomic E-state index is 0. The van der Waals surface area contributed by atoms with Gasteiger partial charge in [0.05, 0.1) is 31.0 Å². The Hall–Kier alpha value is -4.60. The van der Waals surface area contributed by atoms with Crippen LogP contribution in [0.2, 0.25) is 0 Å². The average Bonchev–Trinajstić information content (AvgIpc) is 2.82. The SMILES string of the molecule is O=[N+]([O-])c1ccc(N=Nc2cc(N=Nc3cc([N+](=O)[O-])cc(S(=O)(=O)[O-])c3[O-])c(O)cc2[O-])c(S(=O)(=O)[O-])c1.[Fe+3]. The maximum Gasteiger partial charge on any atom is 3.00 e. The molecule has 3 aromatic carbocycles. The van der Waals surface area contributed by atoms with E-state index in [1.54, 1.807) is 0 Å². The molecule has 3 rings (SSSR count). The molecule has 0 heterocycles. The summed E-state index contributed by atoms with van der Waals surface area (Å²) >= 11 is 0. The van der Waals surface area contributed by atoms with Crippen LogP contribution in [0.1, 0.15) is 0 Å². The molecule has 0 bridgehead atoms. The van der Waals surface area contributed by atoms with Gasteiger partial charge in [-0.25, -0.2) is 16.8 Å². The van der Waals surface area contributed by atoms with E-state index in [1.807, 2.05) is 0 Å². The zero-order chi connectivity index (χ0) is 29.3. The topological polar surface area (TPSA) is 316 Å². The molecule has 0 atom stereocenters. The van der Waals surface area contributed by atoms with Crippen molar-refractivity contribution in [3.63, 3.8) is 0 Å². The van der Waals surface area contributed by atoms with Gasteiger partial charge in [-0.15, -0.1) is 10.2 Å². The Morgan fingerprint density at radius 2 is 1.15 bits per heavy atom.